The Morgan fingerprint density at radius 3 is 2.86 bits per heavy atom. The van der Waals surface area contributed by atoms with Crippen LogP contribution in [-0.4, -0.2) is 51.6 Å². The van der Waals surface area contributed by atoms with Crippen molar-refractivity contribution in [2.75, 3.05) is 30.3 Å². The summed E-state index contributed by atoms with van der Waals surface area (Å²) in [4.78, 5) is 9.26. The van der Waals surface area contributed by atoms with E-state index in [4.69, 9.17) is 5.73 Å². The van der Waals surface area contributed by atoms with Crippen LogP contribution >= 0.6 is 0 Å². The summed E-state index contributed by atoms with van der Waals surface area (Å²) < 4.78 is 41.1. The van der Waals surface area contributed by atoms with Crippen molar-refractivity contribution in [1.29, 1.82) is 0 Å². The Morgan fingerprint density at radius 1 is 1.38 bits per heavy atom. The van der Waals surface area contributed by atoms with Crippen LogP contribution in [-0.2, 0) is 7.05 Å². The van der Waals surface area contributed by atoms with Gasteiger partial charge in [0, 0.05) is 26.7 Å². The lowest BCUT2D eigenvalue weighted by atomic mass is 10.1. The van der Waals surface area contributed by atoms with E-state index >= 15 is 0 Å². The lowest BCUT2D eigenvalue weighted by Gasteiger charge is -2.38. The third kappa shape index (κ3) is 2.35. The summed E-state index contributed by atoms with van der Waals surface area (Å²) in [5, 5.41) is 7.23. The third-order valence-electron chi connectivity index (χ3n) is 3.48. The number of rotatable bonds is 1. The average Bonchev–Trinajstić information content (AvgIpc) is 2.79. The van der Waals surface area contributed by atoms with Gasteiger partial charge in [-0.15, -0.1) is 0 Å². The molecule has 7 nitrogen and oxygen atoms in total. The predicted molar refractivity (Wildman–Crippen MR) is 70.8 cm³/mol. The van der Waals surface area contributed by atoms with Crippen molar-refractivity contribution in [3.63, 3.8) is 0 Å². The van der Waals surface area contributed by atoms with Crippen LogP contribution in [0.25, 0.3) is 11.0 Å². The number of alkyl halides is 3. The molecular weight excluding hydrogens is 287 g/mol. The zero-order valence-corrected chi connectivity index (χ0v) is 11.2. The number of piperazine rings is 1. The molecule has 1 atom stereocenters. The number of nitrogens with two attached hydrogens (primary N) is 1. The highest BCUT2D eigenvalue weighted by atomic mass is 19.4. The highest BCUT2D eigenvalue weighted by Gasteiger charge is 2.45. The van der Waals surface area contributed by atoms with Crippen molar-refractivity contribution < 1.29 is 13.2 Å². The van der Waals surface area contributed by atoms with Gasteiger partial charge in [0.05, 0.1) is 11.6 Å². The van der Waals surface area contributed by atoms with E-state index < -0.39 is 12.2 Å². The molecule has 1 aliphatic heterocycles. The van der Waals surface area contributed by atoms with Crippen LogP contribution in [0.1, 0.15) is 0 Å². The molecule has 10 heteroatoms. The van der Waals surface area contributed by atoms with Gasteiger partial charge in [-0.2, -0.15) is 28.2 Å². The summed E-state index contributed by atoms with van der Waals surface area (Å²) in [5.74, 6) is 0.106. The number of hydrogen-bond donors (Lipinski definition) is 2. The molecule has 0 aromatic carbocycles. The molecule has 3 N–H and O–H groups in total. The maximum Gasteiger partial charge on any atom is 0.410 e. The summed E-state index contributed by atoms with van der Waals surface area (Å²) in [6.07, 6.45) is -2.90. The van der Waals surface area contributed by atoms with E-state index in [1.165, 1.54) is 15.8 Å². The van der Waals surface area contributed by atoms with Crippen molar-refractivity contribution in [2.45, 2.75) is 12.2 Å². The minimum atomic E-state index is -4.36. The molecule has 1 saturated heterocycles. The Bertz CT molecular complexity index is 666. The Labute approximate surface area is 117 Å². The van der Waals surface area contributed by atoms with Gasteiger partial charge in [-0.1, -0.05) is 0 Å². The molecule has 1 unspecified atom stereocenters. The fourth-order valence-corrected chi connectivity index (χ4v) is 2.49. The number of halogens is 3. The monoisotopic (exact) mass is 301 g/mol. The predicted octanol–water partition coefficient (Wildman–Crippen LogP) is 0.286. The molecule has 3 rings (SSSR count). The standard InChI is InChI=1S/C11H14F3N7/c1-20-8-6(4-17-20)9(19-10(15)18-8)21-3-2-16-5-7(21)11(12,13)14/h4,7,16H,2-3,5H2,1H3,(H2,15,18,19). The highest BCUT2D eigenvalue weighted by Crippen LogP contribution is 2.32. The van der Waals surface area contributed by atoms with Crippen molar-refractivity contribution in [2.24, 2.45) is 7.05 Å². The second-order valence-corrected chi connectivity index (χ2v) is 4.87. The van der Waals surface area contributed by atoms with Crippen LogP contribution in [0.3, 0.4) is 0 Å². The summed E-state index contributed by atoms with van der Waals surface area (Å²) in [6.45, 7) is 0.442. The van der Waals surface area contributed by atoms with Gasteiger partial charge in [0.2, 0.25) is 5.95 Å². The van der Waals surface area contributed by atoms with E-state index in [0.717, 1.165) is 0 Å². The van der Waals surface area contributed by atoms with E-state index in [2.05, 4.69) is 20.4 Å². The van der Waals surface area contributed by atoms with Crippen LogP contribution in [0, 0.1) is 0 Å². The van der Waals surface area contributed by atoms with E-state index in [9.17, 15) is 13.2 Å². The lowest BCUT2D eigenvalue weighted by molar-refractivity contribution is -0.149. The Kier molecular flexibility index (Phi) is 3.12. The van der Waals surface area contributed by atoms with Gasteiger partial charge in [0.15, 0.2) is 5.65 Å². The molecule has 0 spiro atoms. The van der Waals surface area contributed by atoms with E-state index in [-0.39, 0.29) is 24.9 Å². The molecule has 3 heterocycles. The van der Waals surface area contributed by atoms with Crippen LogP contribution < -0.4 is 16.0 Å². The van der Waals surface area contributed by atoms with Crippen LogP contribution in [0.2, 0.25) is 0 Å². The maximum atomic E-state index is 13.2. The van der Waals surface area contributed by atoms with Gasteiger partial charge < -0.3 is 16.0 Å². The topological polar surface area (TPSA) is 84.9 Å². The van der Waals surface area contributed by atoms with Gasteiger partial charge in [-0.3, -0.25) is 4.68 Å². The molecule has 0 saturated carbocycles. The second kappa shape index (κ2) is 4.72. The number of nitrogens with zero attached hydrogens (tertiary/aromatic N) is 5. The fourth-order valence-electron chi connectivity index (χ4n) is 2.49. The summed E-state index contributed by atoms with van der Waals surface area (Å²) >= 11 is 0. The zero-order valence-electron chi connectivity index (χ0n) is 11.2. The third-order valence-corrected chi connectivity index (χ3v) is 3.48. The minimum Gasteiger partial charge on any atom is -0.368 e. The van der Waals surface area contributed by atoms with E-state index in [1.807, 2.05) is 0 Å². The van der Waals surface area contributed by atoms with Crippen molar-refractivity contribution in [3.05, 3.63) is 6.20 Å². The lowest BCUT2D eigenvalue weighted by Crippen LogP contribution is -2.58. The van der Waals surface area contributed by atoms with Crippen molar-refractivity contribution in [3.8, 4) is 0 Å². The smallest absolute Gasteiger partial charge is 0.368 e. The SMILES string of the molecule is Cn1ncc2c(N3CCNCC3C(F)(F)F)nc(N)nc21. The molecule has 0 bridgehead atoms. The Hall–Kier alpha value is -2.10. The quantitative estimate of drug-likeness (QED) is 0.787. The number of aryl methyl sites for hydroxylation is 1. The number of anilines is 2. The summed E-state index contributed by atoms with van der Waals surface area (Å²) in [5.41, 5.74) is 6.04. The molecule has 114 valence electrons. The van der Waals surface area contributed by atoms with Crippen molar-refractivity contribution >= 4 is 22.8 Å². The Balaban J connectivity index is 2.13. The first-order chi connectivity index (χ1) is 9.88. The first-order valence-electron chi connectivity index (χ1n) is 6.37. The molecule has 0 aliphatic carbocycles. The molecule has 0 radical (unpaired) electrons. The molecule has 21 heavy (non-hydrogen) atoms. The molecule has 1 fully saturated rings. The number of aromatic nitrogens is 4. The first kappa shape index (κ1) is 13.9. The molecule has 2 aromatic heterocycles. The largest absolute Gasteiger partial charge is 0.410 e. The van der Waals surface area contributed by atoms with Gasteiger partial charge in [0.1, 0.15) is 11.9 Å². The Morgan fingerprint density at radius 2 is 2.14 bits per heavy atom. The fraction of sp³-hybridized carbons (Fsp3) is 0.545. The molecule has 1 aliphatic rings. The highest BCUT2D eigenvalue weighted by molar-refractivity contribution is 5.88. The average molecular weight is 301 g/mol. The normalized spacial score (nSPS) is 20.2. The number of hydrogen-bond acceptors (Lipinski definition) is 6. The van der Waals surface area contributed by atoms with E-state index in [1.54, 1.807) is 7.05 Å². The molecule has 2 aromatic rings. The number of nitrogens with one attached hydrogen (secondary N) is 1. The molecule has 0 amide bonds. The molecular formula is C11H14F3N7. The van der Waals surface area contributed by atoms with Gasteiger partial charge in [-0.05, 0) is 0 Å². The van der Waals surface area contributed by atoms with Gasteiger partial charge >= 0.3 is 6.18 Å². The van der Waals surface area contributed by atoms with Gasteiger partial charge in [-0.25, -0.2) is 0 Å². The maximum absolute atomic E-state index is 13.2. The van der Waals surface area contributed by atoms with Crippen LogP contribution in [0.4, 0.5) is 24.9 Å². The summed E-state index contributed by atoms with van der Waals surface area (Å²) in [6, 6.07) is -1.65. The zero-order chi connectivity index (χ0) is 15.2. The first-order valence-corrected chi connectivity index (χ1v) is 6.37. The van der Waals surface area contributed by atoms with Crippen molar-refractivity contribution in [1.82, 2.24) is 25.1 Å². The van der Waals surface area contributed by atoms with Crippen LogP contribution in [0.5, 0.6) is 0 Å². The number of fused-ring (bicyclic) bond motifs is 1. The van der Waals surface area contributed by atoms with E-state index in [0.29, 0.717) is 17.6 Å². The summed E-state index contributed by atoms with van der Waals surface area (Å²) in [7, 11) is 1.65. The number of nitrogen functional groups attached to an aromatic ring is 1. The van der Waals surface area contributed by atoms with Gasteiger partial charge in [0.25, 0.3) is 0 Å². The van der Waals surface area contributed by atoms with Crippen LogP contribution in [0.15, 0.2) is 6.20 Å². The second-order valence-electron chi connectivity index (χ2n) is 4.87. The minimum absolute atomic E-state index is 0.0689.